The van der Waals surface area contributed by atoms with Crippen LogP contribution in [0.15, 0.2) is 54.6 Å². The first-order valence-corrected chi connectivity index (χ1v) is 8.65. The van der Waals surface area contributed by atoms with Gasteiger partial charge in [0.05, 0.1) is 23.3 Å². The summed E-state index contributed by atoms with van der Waals surface area (Å²) in [5, 5.41) is 1.39. The van der Waals surface area contributed by atoms with Crippen LogP contribution < -0.4 is 4.74 Å². The second-order valence-corrected chi connectivity index (χ2v) is 6.39. The molecule has 0 atom stereocenters. The first-order chi connectivity index (χ1) is 12.6. The standard InChI is InChI=1S/C20H15ClN2O3/c21-18-9-6-13-12-14(7-8-17(13)22-18)26-11-3-10-23-19(24)15-4-1-2-5-16(15)20(23)25/h1-2,4-9,12H,3,10-11H2. The van der Waals surface area contributed by atoms with Crippen LogP contribution in [0.2, 0.25) is 5.15 Å². The van der Waals surface area contributed by atoms with E-state index in [4.69, 9.17) is 16.3 Å². The normalized spacial score (nSPS) is 13.3. The van der Waals surface area contributed by atoms with Crippen LogP contribution in [-0.4, -0.2) is 34.8 Å². The van der Waals surface area contributed by atoms with Gasteiger partial charge in [0.25, 0.3) is 11.8 Å². The number of hydrogen-bond acceptors (Lipinski definition) is 4. The molecule has 1 aliphatic heterocycles. The number of nitrogens with zero attached hydrogens (tertiary/aromatic N) is 2. The molecule has 5 nitrogen and oxygen atoms in total. The minimum Gasteiger partial charge on any atom is -0.494 e. The molecule has 4 rings (SSSR count). The monoisotopic (exact) mass is 366 g/mol. The van der Waals surface area contributed by atoms with Gasteiger partial charge in [-0.25, -0.2) is 4.98 Å². The molecule has 2 heterocycles. The van der Waals surface area contributed by atoms with E-state index in [1.54, 1.807) is 30.3 Å². The van der Waals surface area contributed by atoms with Crippen molar-refractivity contribution in [2.75, 3.05) is 13.2 Å². The van der Waals surface area contributed by atoms with Crippen molar-refractivity contribution >= 4 is 34.3 Å². The fraction of sp³-hybridized carbons (Fsp3) is 0.150. The smallest absolute Gasteiger partial charge is 0.261 e. The minimum absolute atomic E-state index is 0.237. The molecule has 2 amide bonds. The topological polar surface area (TPSA) is 59.5 Å². The van der Waals surface area contributed by atoms with E-state index in [1.165, 1.54) is 4.90 Å². The van der Waals surface area contributed by atoms with Crippen molar-refractivity contribution < 1.29 is 14.3 Å². The van der Waals surface area contributed by atoms with Gasteiger partial charge in [0.2, 0.25) is 0 Å². The predicted molar refractivity (Wildman–Crippen MR) is 98.7 cm³/mol. The van der Waals surface area contributed by atoms with E-state index in [0.717, 1.165) is 10.9 Å². The summed E-state index contributed by atoms with van der Waals surface area (Å²) in [6.45, 7) is 0.733. The van der Waals surface area contributed by atoms with Gasteiger partial charge in [0.1, 0.15) is 10.9 Å². The number of aromatic nitrogens is 1. The number of rotatable bonds is 5. The highest BCUT2D eigenvalue weighted by molar-refractivity contribution is 6.29. The summed E-state index contributed by atoms with van der Waals surface area (Å²) in [6, 6.07) is 16.1. The molecule has 0 aliphatic carbocycles. The van der Waals surface area contributed by atoms with E-state index in [2.05, 4.69) is 4.98 Å². The molecule has 26 heavy (non-hydrogen) atoms. The van der Waals surface area contributed by atoms with Crippen LogP contribution in [0.4, 0.5) is 0 Å². The number of imide groups is 1. The maximum Gasteiger partial charge on any atom is 0.261 e. The number of halogens is 1. The van der Waals surface area contributed by atoms with Gasteiger partial charge in [-0.3, -0.25) is 14.5 Å². The van der Waals surface area contributed by atoms with Crippen LogP contribution in [0.1, 0.15) is 27.1 Å². The van der Waals surface area contributed by atoms with E-state index in [0.29, 0.717) is 41.6 Å². The Bertz CT molecular complexity index is 984. The lowest BCUT2D eigenvalue weighted by Gasteiger charge is -2.14. The highest BCUT2D eigenvalue weighted by Crippen LogP contribution is 2.23. The molecule has 0 unspecified atom stereocenters. The first-order valence-electron chi connectivity index (χ1n) is 8.28. The number of carbonyl (C=O) groups excluding carboxylic acids is 2. The van der Waals surface area contributed by atoms with Crippen LogP contribution in [0.3, 0.4) is 0 Å². The lowest BCUT2D eigenvalue weighted by atomic mass is 10.1. The third kappa shape index (κ3) is 3.02. The summed E-state index contributed by atoms with van der Waals surface area (Å²) in [4.78, 5) is 30.1. The predicted octanol–water partition coefficient (Wildman–Crippen LogP) is 3.95. The van der Waals surface area contributed by atoms with Crippen molar-refractivity contribution in [3.05, 3.63) is 70.9 Å². The van der Waals surface area contributed by atoms with Crippen molar-refractivity contribution in [2.24, 2.45) is 0 Å². The lowest BCUT2D eigenvalue weighted by Crippen LogP contribution is -2.31. The molecular formula is C20H15ClN2O3. The van der Waals surface area contributed by atoms with Crippen molar-refractivity contribution in [1.29, 1.82) is 0 Å². The first kappa shape index (κ1) is 16.5. The Morgan fingerprint density at radius 2 is 1.69 bits per heavy atom. The zero-order valence-corrected chi connectivity index (χ0v) is 14.6. The van der Waals surface area contributed by atoms with Gasteiger partial charge in [0.15, 0.2) is 0 Å². The summed E-state index contributed by atoms with van der Waals surface area (Å²) in [7, 11) is 0. The van der Waals surface area contributed by atoms with E-state index < -0.39 is 0 Å². The van der Waals surface area contributed by atoms with Gasteiger partial charge in [-0.15, -0.1) is 0 Å². The number of carbonyl (C=O) groups is 2. The lowest BCUT2D eigenvalue weighted by molar-refractivity contribution is 0.0647. The zero-order chi connectivity index (χ0) is 18.1. The van der Waals surface area contributed by atoms with Gasteiger partial charge in [-0.2, -0.15) is 0 Å². The molecule has 0 saturated carbocycles. The van der Waals surface area contributed by atoms with E-state index in [1.807, 2.05) is 24.3 Å². The van der Waals surface area contributed by atoms with Crippen LogP contribution in [0.25, 0.3) is 10.9 Å². The fourth-order valence-corrected chi connectivity index (χ4v) is 3.18. The van der Waals surface area contributed by atoms with Gasteiger partial charge in [0, 0.05) is 11.9 Å². The zero-order valence-electron chi connectivity index (χ0n) is 13.8. The molecule has 0 spiro atoms. The van der Waals surface area contributed by atoms with Gasteiger partial charge < -0.3 is 4.74 Å². The Morgan fingerprint density at radius 1 is 0.962 bits per heavy atom. The van der Waals surface area contributed by atoms with Gasteiger partial charge in [-0.1, -0.05) is 23.7 Å². The number of benzene rings is 2. The van der Waals surface area contributed by atoms with Crippen LogP contribution >= 0.6 is 11.6 Å². The molecule has 3 aromatic rings. The summed E-state index contributed by atoms with van der Waals surface area (Å²) in [6.07, 6.45) is 0.558. The molecule has 2 aromatic carbocycles. The molecule has 0 saturated heterocycles. The fourth-order valence-electron chi connectivity index (χ4n) is 3.02. The van der Waals surface area contributed by atoms with Gasteiger partial charge in [-0.05, 0) is 48.9 Å². The molecule has 1 aromatic heterocycles. The second kappa shape index (κ2) is 6.77. The SMILES string of the molecule is O=C1c2ccccc2C(=O)N1CCCOc1ccc2nc(Cl)ccc2c1. The Kier molecular flexibility index (Phi) is 4.31. The molecular weight excluding hydrogens is 352 g/mol. The minimum atomic E-state index is -0.237. The highest BCUT2D eigenvalue weighted by Gasteiger charge is 2.34. The van der Waals surface area contributed by atoms with Crippen LogP contribution in [-0.2, 0) is 0 Å². The molecule has 0 bridgehead atoms. The van der Waals surface area contributed by atoms with E-state index >= 15 is 0 Å². The number of ether oxygens (including phenoxy) is 1. The number of amides is 2. The molecule has 0 radical (unpaired) electrons. The van der Waals surface area contributed by atoms with Crippen molar-refractivity contribution in [2.45, 2.75) is 6.42 Å². The third-order valence-electron chi connectivity index (χ3n) is 4.30. The van der Waals surface area contributed by atoms with Crippen LogP contribution in [0, 0.1) is 0 Å². The Balaban J connectivity index is 1.35. The molecule has 0 N–H and O–H groups in total. The maximum atomic E-state index is 12.3. The van der Waals surface area contributed by atoms with E-state index in [9.17, 15) is 9.59 Å². The summed E-state index contributed by atoms with van der Waals surface area (Å²) >= 11 is 5.88. The average molecular weight is 367 g/mol. The third-order valence-corrected chi connectivity index (χ3v) is 4.51. The largest absolute Gasteiger partial charge is 0.494 e. The van der Waals surface area contributed by atoms with Crippen molar-refractivity contribution in [1.82, 2.24) is 9.88 Å². The summed E-state index contributed by atoms with van der Waals surface area (Å²) < 4.78 is 5.74. The van der Waals surface area contributed by atoms with Crippen molar-refractivity contribution in [3.63, 3.8) is 0 Å². The average Bonchev–Trinajstić information content (AvgIpc) is 2.90. The number of pyridine rings is 1. The van der Waals surface area contributed by atoms with Gasteiger partial charge >= 0.3 is 0 Å². The second-order valence-electron chi connectivity index (χ2n) is 6.00. The summed E-state index contributed by atoms with van der Waals surface area (Å²) in [5.74, 6) is 0.238. The number of hydrogen-bond donors (Lipinski definition) is 0. The van der Waals surface area contributed by atoms with Crippen LogP contribution in [0.5, 0.6) is 5.75 Å². The Labute approximate surface area is 155 Å². The number of fused-ring (bicyclic) bond motifs is 2. The maximum absolute atomic E-state index is 12.3. The molecule has 1 aliphatic rings. The quantitative estimate of drug-likeness (QED) is 0.389. The Morgan fingerprint density at radius 3 is 2.42 bits per heavy atom. The Hall–Kier alpha value is -2.92. The van der Waals surface area contributed by atoms with E-state index in [-0.39, 0.29) is 11.8 Å². The highest BCUT2D eigenvalue weighted by atomic mass is 35.5. The summed E-state index contributed by atoms with van der Waals surface area (Å²) in [5.41, 5.74) is 1.74. The van der Waals surface area contributed by atoms with Crippen molar-refractivity contribution in [3.8, 4) is 5.75 Å². The molecule has 0 fully saturated rings. The molecule has 6 heteroatoms. The molecule has 130 valence electrons.